The van der Waals surface area contributed by atoms with E-state index in [9.17, 15) is 8.78 Å². The van der Waals surface area contributed by atoms with Gasteiger partial charge in [-0.05, 0) is 31.5 Å². The molecule has 0 amide bonds. The summed E-state index contributed by atoms with van der Waals surface area (Å²) in [6.45, 7) is 4.36. The SMILES string of the molecule is C=Cc1ccc(OC(F)F)c(OC(C)C)c1. The Morgan fingerprint density at radius 1 is 1.19 bits per heavy atom. The van der Waals surface area contributed by atoms with E-state index >= 15 is 0 Å². The maximum atomic E-state index is 12.1. The molecule has 0 radical (unpaired) electrons. The molecule has 0 saturated heterocycles. The van der Waals surface area contributed by atoms with Gasteiger partial charge in [-0.25, -0.2) is 0 Å². The van der Waals surface area contributed by atoms with Gasteiger partial charge in [0, 0.05) is 0 Å². The first-order valence-corrected chi connectivity index (χ1v) is 4.91. The number of ether oxygens (including phenoxy) is 2. The summed E-state index contributed by atoms with van der Waals surface area (Å²) in [4.78, 5) is 0. The van der Waals surface area contributed by atoms with Gasteiger partial charge in [-0.15, -0.1) is 0 Å². The Kier molecular flexibility index (Phi) is 4.28. The third-order valence-electron chi connectivity index (χ3n) is 1.78. The molecular weight excluding hydrogens is 214 g/mol. The topological polar surface area (TPSA) is 18.5 Å². The number of alkyl halides is 2. The second-order valence-electron chi connectivity index (χ2n) is 3.46. The molecular formula is C12H14F2O2. The molecule has 1 aromatic rings. The molecule has 0 spiro atoms. The van der Waals surface area contributed by atoms with Gasteiger partial charge in [0.15, 0.2) is 11.5 Å². The third-order valence-corrected chi connectivity index (χ3v) is 1.78. The van der Waals surface area contributed by atoms with Crippen LogP contribution in [-0.4, -0.2) is 12.7 Å². The van der Waals surface area contributed by atoms with E-state index in [1.54, 1.807) is 18.2 Å². The maximum Gasteiger partial charge on any atom is 0.387 e. The molecule has 0 N–H and O–H groups in total. The number of rotatable bonds is 5. The number of hydrogen-bond acceptors (Lipinski definition) is 2. The molecule has 0 aromatic heterocycles. The Hall–Kier alpha value is -1.58. The average Bonchev–Trinajstić information content (AvgIpc) is 2.19. The Balaban J connectivity index is 3.00. The molecule has 4 heteroatoms. The van der Waals surface area contributed by atoms with Crippen LogP contribution in [0.3, 0.4) is 0 Å². The van der Waals surface area contributed by atoms with E-state index in [4.69, 9.17) is 4.74 Å². The highest BCUT2D eigenvalue weighted by Crippen LogP contribution is 2.30. The lowest BCUT2D eigenvalue weighted by atomic mass is 10.2. The first kappa shape index (κ1) is 12.5. The van der Waals surface area contributed by atoms with Crippen LogP contribution in [0.25, 0.3) is 6.08 Å². The standard InChI is InChI=1S/C12H14F2O2/c1-4-9-5-6-10(16-12(13)14)11(7-9)15-8(2)3/h4-8,12H,1H2,2-3H3. The van der Waals surface area contributed by atoms with Gasteiger partial charge in [-0.2, -0.15) is 8.78 Å². The second-order valence-corrected chi connectivity index (χ2v) is 3.46. The molecule has 0 fully saturated rings. The lowest BCUT2D eigenvalue weighted by molar-refractivity contribution is -0.0518. The van der Waals surface area contributed by atoms with E-state index in [1.807, 2.05) is 13.8 Å². The third kappa shape index (κ3) is 3.53. The molecule has 1 rings (SSSR count). The van der Waals surface area contributed by atoms with Crippen LogP contribution in [0.2, 0.25) is 0 Å². The minimum absolute atomic E-state index is 0.0364. The molecule has 0 bridgehead atoms. The molecule has 2 nitrogen and oxygen atoms in total. The summed E-state index contributed by atoms with van der Waals surface area (Å²) >= 11 is 0. The van der Waals surface area contributed by atoms with Crippen molar-refractivity contribution in [2.24, 2.45) is 0 Å². The van der Waals surface area contributed by atoms with Crippen LogP contribution in [0, 0.1) is 0 Å². The predicted molar refractivity (Wildman–Crippen MR) is 58.9 cm³/mol. The molecule has 88 valence electrons. The maximum absolute atomic E-state index is 12.1. The van der Waals surface area contributed by atoms with Crippen LogP contribution < -0.4 is 9.47 Å². The highest BCUT2D eigenvalue weighted by Gasteiger charge is 2.12. The summed E-state index contributed by atoms with van der Waals surface area (Å²) in [5.41, 5.74) is 0.789. The first-order valence-electron chi connectivity index (χ1n) is 4.91. The summed E-state index contributed by atoms with van der Waals surface area (Å²) in [7, 11) is 0. The zero-order chi connectivity index (χ0) is 12.1. The molecule has 0 unspecified atom stereocenters. The van der Waals surface area contributed by atoms with Crippen LogP contribution in [-0.2, 0) is 0 Å². The van der Waals surface area contributed by atoms with E-state index < -0.39 is 6.61 Å². The van der Waals surface area contributed by atoms with E-state index in [-0.39, 0.29) is 11.9 Å². The molecule has 1 aromatic carbocycles. The molecule has 0 heterocycles. The molecule has 0 aliphatic rings. The number of halogens is 2. The van der Waals surface area contributed by atoms with Gasteiger partial charge >= 0.3 is 6.61 Å². The van der Waals surface area contributed by atoms with Crippen LogP contribution in [0.15, 0.2) is 24.8 Å². The molecule has 0 atom stereocenters. The van der Waals surface area contributed by atoms with Gasteiger partial charge in [0.1, 0.15) is 0 Å². The Morgan fingerprint density at radius 2 is 1.88 bits per heavy atom. The zero-order valence-electron chi connectivity index (χ0n) is 9.24. The van der Waals surface area contributed by atoms with Crippen molar-refractivity contribution in [2.45, 2.75) is 26.6 Å². The normalized spacial score (nSPS) is 10.6. The predicted octanol–water partition coefficient (Wildman–Crippen LogP) is 3.72. The smallest absolute Gasteiger partial charge is 0.387 e. The Labute approximate surface area is 93.5 Å². The quantitative estimate of drug-likeness (QED) is 0.764. The fraction of sp³-hybridized carbons (Fsp3) is 0.333. The largest absolute Gasteiger partial charge is 0.487 e. The van der Waals surface area contributed by atoms with Gasteiger partial charge in [0.2, 0.25) is 0 Å². The molecule has 16 heavy (non-hydrogen) atoms. The summed E-state index contributed by atoms with van der Waals surface area (Å²) in [6, 6.07) is 4.70. The van der Waals surface area contributed by atoms with Crippen molar-refractivity contribution in [1.82, 2.24) is 0 Å². The number of benzene rings is 1. The van der Waals surface area contributed by atoms with Crippen molar-refractivity contribution in [1.29, 1.82) is 0 Å². The lowest BCUT2D eigenvalue weighted by Crippen LogP contribution is -2.09. The fourth-order valence-electron chi connectivity index (χ4n) is 1.19. The van der Waals surface area contributed by atoms with Gasteiger partial charge in [0.05, 0.1) is 6.10 Å². The van der Waals surface area contributed by atoms with Gasteiger partial charge in [-0.1, -0.05) is 18.7 Å². The van der Waals surface area contributed by atoms with Gasteiger partial charge < -0.3 is 9.47 Å². The van der Waals surface area contributed by atoms with E-state index in [1.165, 1.54) is 6.07 Å². The van der Waals surface area contributed by atoms with Crippen molar-refractivity contribution < 1.29 is 18.3 Å². The molecule has 0 aliphatic carbocycles. The zero-order valence-corrected chi connectivity index (χ0v) is 9.24. The van der Waals surface area contributed by atoms with E-state index in [0.717, 1.165) is 5.56 Å². The minimum Gasteiger partial charge on any atom is -0.487 e. The fourth-order valence-corrected chi connectivity index (χ4v) is 1.19. The Morgan fingerprint density at radius 3 is 2.38 bits per heavy atom. The van der Waals surface area contributed by atoms with E-state index in [2.05, 4.69) is 11.3 Å². The minimum atomic E-state index is -2.86. The summed E-state index contributed by atoms with van der Waals surface area (Å²) in [6.07, 6.45) is 1.50. The highest BCUT2D eigenvalue weighted by atomic mass is 19.3. The monoisotopic (exact) mass is 228 g/mol. The highest BCUT2D eigenvalue weighted by molar-refractivity contribution is 5.54. The van der Waals surface area contributed by atoms with Crippen LogP contribution in [0.1, 0.15) is 19.4 Å². The first-order chi connectivity index (χ1) is 7.52. The van der Waals surface area contributed by atoms with Crippen molar-refractivity contribution in [3.63, 3.8) is 0 Å². The van der Waals surface area contributed by atoms with Gasteiger partial charge in [0.25, 0.3) is 0 Å². The average molecular weight is 228 g/mol. The van der Waals surface area contributed by atoms with Crippen molar-refractivity contribution >= 4 is 6.08 Å². The number of hydrogen-bond donors (Lipinski definition) is 0. The molecule has 0 aliphatic heterocycles. The van der Waals surface area contributed by atoms with Crippen molar-refractivity contribution in [3.8, 4) is 11.5 Å². The van der Waals surface area contributed by atoms with Crippen LogP contribution in [0.5, 0.6) is 11.5 Å². The van der Waals surface area contributed by atoms with Gasteiger partial charge in [-0.3, -0.25) is 0 Å². The van der Waals surface area contributed by atoms with E-state index in [0.29, 0.717) is 5.75 Å². The summed E-state index contributed by atoms with van der Waals surface area (Å²) in [5, 5.41) is 0. The lowest BCUT2D eigenvalue weighted by Gasteiger charge is -2.15. The second kappa shape index (κ2) is 5.49. The summed E-state index contributed by atoms with van der Waals surface area (Å²) < 4.78 is 34.0. The van der Waals surface area contributed by atoms with Crippen LogP contribution >= 0.6 is 0 Å². The van der Waals surface area contributed by atoms with Crippen molar-refractivity contribution in [2.75, 3.05) is 0 Å². The van der Waals surface area contributed by atoms with Crippen LogP contribution in [0.4, 0.5) is 8.78 Å². The summed E-state index contributed by atoms with van der Waals surface area (Å²) in [5.74, 6) is 0.335. The molecule has 0 saturated carbocycles. The van der Waals surface area contributed by atoms with Crippen molar-refractivity contribution in [3.05, 3.63) is 30.3 Å². The Bertz CT molecular complexity index is 362.